The lowest BCUT2D eigenvalue weighted by molar-refractivity contribution is -0.343. The number of H-pyrrole nitrogens is 2. The van der Waals surface area contributed by atoms with Gasteiger partial charge in [0.1, 0.15) is 103 Å². The van der Waals surface area contributed by atoms with Gasteiger partial charge in [-0.3, -0.25) is 67.3 Å². The molecule has 2 aromatic carbocycles. The molecule has 7 rings (SSSR count). The van der Waals surface area contributed by atoms with Crippen molar-refractivity contribution in [2.24, 2.45) is 28.1 Å². The molecule has 3 aliphatic rings. The molecule has 632 valence electrons. The van der Waals surface area contributed by atoms with E-state index in [1.54, 1.807) is 38.1 Å². The topological polar surface area (TPSA) is 710 Å². The molecule has 3 fully saturated rings. The number of hydrogen-bond acceptors (Lipinski definition) is 27. The Morgan fingerprint density at radius 3 is 1.88 bits per heavy atom. The Labute approximate surface area is 656 Å². The summed E-state index contributed by atoms with van der Waals surface area (Å²) in [6.45, 7) is -0.590. The number of carbonyl (C=O) groups is 13. The van der Waals surface area contributed by atoms with Crippen molar-refractivity contribution in [3.05, 3.63) is 84.1 Å². The van der Waals surface area contributed by atoms with Crippen molar-refractivity contribution >= 4 is 93.7 Å². The second-order valence-corrected chi connectivity index (χ2v) is 28.2. The summed E-state index contributed by atoms with van der Waals surface area (Å²) in [4.78, 5) is 193. The first-order valence-electron chi connectivity index (χ1n) is 37.0. The molecule has 0 spiro atoms. The molecule has 0 unspecified atom stereocenters. The standard InChI is InChI=1S/C71H102N18O26/c1-33(2)21-42(63(107)83-41(9-5-19-76-71(73)74)69(112)89-20-6-10-47(89)67(111)78-27-50(72)94)82-53(97)28-79-61(105)43(22-34-11-13-37(93)14-12-34)84-66(110)46(29-90)87-64(108)44(23-35-25-77-39-8-4-3-7-38(35)39)85-65(109)45(24-36-26-75-32-80-36)86-62(106)40(15-18-54(98)99)81-51(95)16-17-52(96)88-68-58(103)57(102)60(49(31-92)113-68)115-70-59(104)56(101)55(100)48(30-91)114-70/h3-4,7-8,11-14,25-26,32-33,40-49,55-60,68,70,77,90-93,100-104H,5-6,9-10,15-24,27-31H2,1-2H3,(H2,72,94)(H,75,80)(H,78,111)(H,79,105)(H,81,95)(H,82,97)(H,83,107)(H,84,110)(H,85,109)(H,86,106)(H,87,108)(H,88,96)(H,98,99)(H4,73,74,76)/t40-,41-,42-,43-,44-,45-,46-,47-,48+,49+,55-,56-,57+,58+,59+,60+,68+,70-/m0/s1. The lowest BCUT2D eigenvalue weighted by Gasteiger charge is -2.46. The number of nitrogens with two attached hydrogens (primary N) is 3. The number of amides is 12. The number of aromatic amines is 2. The number of aliphatic imine (C=N–C) groups is 1. The van der Waals surface area contributed by atoms with Gasteiger partial charge in [0, 0.05) is 80.6 Å². The predicted octanol–water partition coefficient (Wildman–Crippen LogP) is -9.80. The number of aliphatic carboxylic acids is 1. The van der Waals surface area contributed by atoms with Crippen molar-refractivity contribution in [2.45, 2.75) is 201 Å². The van der Waals surface area contributed by atoms with Gasteiger partial charge in [-0.2, -0.15) is 0 Å². The van der Waals surface area contributed by atoms with Crippen LogP contribution in [-0.4, -0.2) is 309 Å². The summed E-state index contributed by atoms with van der Waals surface area (Å²) >= 11 is 0. The maximum Gasteiger partial charge on any atom is 0.303 e. The van der Waals surface area contributed by atoms with E-state index in [0.717, 1.165) is 0 Å². The first kappa shape index (κ1) is 91.1. The molecule has 0 aliphatic carbocycles. The maximum atomic E-state index is 14.8. The molecule has 0 bridgehead atoms. The number of ether oxygens (including phenoxy) is 3. The SMILES string of the molecule is CC(C)C[C@H](NC(=O)CNC(=O)[C@H](Cc1ccc(O)cc1)NC(=O)[C@H](CO)NC(=O)[C@H](Cc1c[nH]c2ccccc12)NC(=O)[C@H](Cc1cnc[nH]1)NC(=O)[C@H](CCC(=O)O)NC(=O)CCC(=O)N[C@@H]1O[C@H](CO)[C@@H](O[C@@H]2O[C@H](CO)[C@H](O)[C@H](O)[C@H]2O)[C@H](O)[C@H]1O)C(=O)N[C@@H](CCCN=C(N)N)C(=O)N1CCC[C@H]1C(=O)NCC(N)=O. The van der Waals surface area contributed by atoms with Crippen LogP contribution in [0.2, 0.25) is 0 Å². The van der Waals surface area contributed by atoms with E-state index in [1.807, 2.05) is 0 Å². The number of phenolic OH excluding ortho intramolecular Hbond substituents is 1. The van der Waals surface area contributed by atoms with Crippen LogP contribution in [0.5, 0.6) is 5.75 Å². The molecule has 28 N–H and O–H groups in total. The number of nitrogens with zero attached hydrogens (tertiary/aromatic N) is 3. The zero-order chi connectivity index (χ0) is 84.3. The lowest BCUT2D eigenvalue weighted by Crippen LogP contribution is -2.66. The number of aromatic nitrogens is 3. The first-order valence-corrected chi connectivity index (χ1v) is 37.0. The zero-order valence-corrected chi connectivity index (χ0v) is 62.8. The minimum Gasteiger partial charge on any atom is -0.508 e. The predicted molar refractivity (Wildman–Crippen MR) is 397 cm³/mol. The van der Waals surface area contributed by atoms with Crippen LogP contribution in [0, 0.1) is 5.92 Å². The van der Waals surface area contributed by atoms with Crippen LogP contribution in [0.25, 0.3) is 10.9 Å². The number of carboxylic acids is 1. The van der Waals surface area contributed by atoms with Gasteiger partial charge < -0.3 is 151 Å². The minimum absolute atomic E-state index is 0.000250. The van der Waals surface area contributed by atoms with Gasteiger partial charge in [-0.1, -0.05) is 44.2 Å². The van der Waals surface area contributed by atoms with Crippen LogP contribution in [-0.2, 0) is 95.8 Å². The number of aliphatic hydroxyl groups excluding tert-OH is 8. The smallest absolute Gasteiger partial charge is 0.303 e. The lowest BCUT2D eigenvalue weighted by atomic mass is 9.96. The second kappa shape index (κ2) is 44.0. The van der Waals surface area contributed by atoms with E-state index < -0.39 is 252 Å². The van der Waals surface area contributed by atoms with E-state index in [9.17, 15) is 113 Å². The first-order chi connectivity index (χ1) is 54.7. The van der Waals surface area contributed by atoms with Crippen LogP contribution in [0.1, 0.15) is 88.5 Å². The number of aliphatic hydroxyl groups is 8. The average Bonchev–Trinajstić information content (AvgIpc) is 1.23. The highest BCUT2D eigenvalue weighted by atomic mass is 16.7. The molecule has 5 heterocycles. The highest BCUT2D eigenvalue weighted by Gasteiger charge is 2.51. The van der Waals surface area contributed by atoms with Crippen LogP contribution in [0.4, 0.5) is 0 Å². The van der Waals surface area contributed by atoms with Crippen molar-refractivity contribution in [3.63, 3.8) is 0 Å². The maximum absolute atomic E-state index is 14.8. The van der Waals surface area contributed by atoms with E-state index in [2.05, 4.69) is 73.1 Å². The summed E-state index contributed by atoms with van der Waals surface area (Å²) in [5.41, 5.74) is 17.8. The van der Waals surface area contributed by atoms with Gasteiger partial charge >= 0.3 is 5.97 Å². The number of fused-ring (bicyclic) bond motifs is 1. The second-order valence-electron chi connectivity index (χ2n) is 28.2. The third kappa shape index (κ3) is 27.0. The number of phenols is 1. The molecule has 44 heteroatoms. The van der Waals surface area contributed by atoms with Gasteiger partial charge in [0.05, 0.1) is 39.2 Å². The Morgan fingerprint density at radius 1 is 0.626 bits per heavy atom. The monoisotopic (exact) mass is 1620 g/mol. The van der Waals surface area contributed by atoms with E-state index in [4.69, 9.17) is 31.4 Å². The van der Waals surface area contributed by atoms with Crippen molar-refractivity contribution in [3.8, 4) is 5.75 Å². The molecule has 12 amide bonds. The highest BCUT2D eigenvalue weighted by Crippen LogP contribution is 2.30. The number of para-hydroxylation sites is 1. The Hall–Kier alpha value is -11.1. The normalized spacial score (nSPS) is 22.4. The van der Waals surface area contributed by atoms with Crippen molar-refractivity contribution in [2.75, 3.05) is 46.0 Å². The fourth-order valence-electron chi connectivity index (χ4n) is 13.0. The number of carboxylic acid groups (broad SMARTS) is 1. The quantitative estimate of drug-likeness (QED) is 0.0111. The Bertz CT molecular complexity index is 4010. The molecule has 0 saturated carbocycles. The summed E-state index contributed by atoms with van der Waals surface area (Å²) in [6, 6.07) is -0.162. The summed E-state index contributed by atoms with van der Waals surface area (Å²) in [6.07, 6.45) is -17.2. The van der Waals surface area contributed by atoms with Gasteiger partial charge in [-0.25, -0.2) is 4.98 Å². The highest BCUT2D eigenvalue weighted by molar-refractivity contribution is 5.99. The number of carbonyl (C=O) groups excluding carboxylic acids is 12. The van der Waals surface area contributed by atoms with Crippen LogP contribution >= 0.6 is 0 Å². The van der Waals surface area contributed by atoms with E-state index >= 15 is 0 Å². The van der Waals surface area contributed by atoms with Crippen LogP contribution in [0.3, 0.4) is 0 Å². The number of rotatable bonds is 43. The summed E-state index contributed by atoms with van der Waals surface area (Å²) in [7, 11) is 0. The van der Waals surface area contributed by atoms with Gasteiger partial charge in [-0.15, -0.1) is 0 Å². The third-order valence-electron chi connectivity index (χ3n) is 19.0. The number of nitrogens with one attached hydrogen (secondary N) is 12. The molecule has 3 saturated heterocycles. The van der Waals surface area contributed by atoms with Gasteiger partial charge in [0.25, 0.3) is 0 Å². The van der Waals surface area contributed by atoms with Crippen LogP contribution < -0.4 is 70.4 Å². The molecule has 3 aliphatic heterocycles. The summed E-state index contributed by atoms with van der Waals surface area (Å²) in [5.74, 6) is -13.6. The van der Waals surface area contributed by atoms with Crippen molar-refractivity contribution in [1.82, 2.24) is 73.0 Å². The van der Waals surface area contributed by atoms with E-state index in [1.165, 1.54) is 47.9 Å². The number of benzene rings is 2. The fraction of sp³-hybridized carbons (Fsp3) is 0.563. The largest absolute Gasteiger partial charge is 0.508 e. The minimum atomic E-state index is -2.04. The molecule has 0 radical (unpaired) electrons. The zero-order valence-electron chi connectivity index (χ0n) is 62.8. The van der Waals surface area contributed by atoms with Gasteiger partial charge in [0.2, 0.25) is 70.9 Å². The van der Waals surface area contributed by atoms with Gasteiger partial charge in [0.15, 0.2) is 18.5 Å². The number of likely N-dealkylation sites (tertiary alicyclic amines) is 1. The third-order valence-corrected chi connectivity index (χ3v) is 19.0. The Balaban J connectivity index is 1.03. The van der Waals surface area contributed by atoms with Crippen molar-refractivity contribution < 1.29 is 128 Å². The number of primary amides is 1. The summed E-state index contributed by atoms with van der Waals surface area (Å²) in [5, 5.41) is 129. The molecule has 18 atom stereocenters. The number of guanidine groups is 1. The average molecular weight is 1620 g/mol. The van der Waals surface area contributed by atoms with Gasteiger partial charge in [-0.05, 0) is 73.8 Å². The molecule has 44 nitrogen and oxygen atoms in total. The molecular weight excluding hydrogens is 1520 g/mol. The summed E-state index contributed by atoms with van der Waals surface area (Å²) < 4.78 is 16.4. The van der Waals surface area contributed by atoms with Crippen molar-refractivity contribution in [1.29, 1.82) is 0 Å². The van der Waals surface area contributed by atoms with E-state index in [0.29, 0.717) is 28.5 Å². The van der Waals surface area contributed by atoms with E-state index in [-0.39, 0.29) is 74.9 Å². The fourth-order valence-corrected chi connectivity index (χ4v) is 13.0. The number of aromatic hydroxyl groups is 1. The molecular formula is C71H102N18O26. The Morgan fingerprint density at radius 2 is 1.24 bits per heavy atom. The molecule has 115 heavy (non-hydrogen) atoms. The number of imidazole rings is 1. The Kier molecular flexibility index (Phi) is 34.8. The molecule has 4 aromatic rings. The molecule has 2 aromatic heterocycles. The van der Waals surface area contributed by atoms with Crippen LogP contribution in [0.15, 0.2) is 72.2 Å². The number of hydrogen-bond donors (Lipinski definition) is 25.